The minimum atomic E-state index is -0.172. The average molecular weight is 314 g/mol. The maximum atomic E-state index is 13.6. The molecule has 0 aliphatic carbocycles. The molecule has 0 spiro atoms. The molecule has 1 N–H and O–H groups in total. The summed E-state index contributed by atoms with van der Waals surface area (Å²) in [6.45, 7) is 7.85. The molecule has 100 valence electrons. The number of rotatable bonds is 2. The van der Waals surface area contributed by atoms with Gasteiger partial charge in [-0.25, -0.2) is 4.39 Å². The molecule has 1 unspecified atom stereocenters. The average Bonchev–Trinajstić information content (AvgIpc) is 2.74. The molecule has 18 heavy (non-hydrogen) atoms. The van der Waals surface area contributed by atoms with Crippen molar-refractivity contribution in [2.24, 2.45) is 5.41 Å². The first kappa shape index (κ1) is 14.0. The van der Waals surface area contributed by atoms with Gasteiger partial charge in [0, 0.05) is 5.54 Å². The molecule has 3 heteroatoms. The molecular formula is C15H21BrFN. The van der Waals surface area contributed by atoms with Crippen molar-refractivity contribution < 1.29 is 4.39 Å². The van der Waals surface area contributed by atoms with Crippen molar-refractivity contribution in [1.29, 1.82) is 0 Å². The van der Waals surface area contributed by atoms with Crippen molar-refractivity contribution in [3.8, 4) is 0 Å². The smallest absolute Gasteiger partial charge is 0.137 e. The Bertz CT molecular complexity index is 431. The Hall–Kier alpha value is -0.410. The first-order valence-corrected chi connectivity index (χ1v) is 7.33. The third-order valence-electron chi connectivity index (χ3n) is 4.20. The van der Waals surface area contributed by atoms with Crippen molar-refractivity contribution in [1.82, 2.24) is 5.32 Å². The highest BCUT2D eigenvalue weighted by atomic mass is 79.9. The van der Waals surface area contributed by atoms with Crippen LogP contribution in [0.25, 0.3) is 0 Å². The van der Waals surface area contributed by atoms with E-state index in [-0.39, 0.29) is 16.8 Å². The van der Waals surface area contributed by atoms with Gasteiger partial charge in [-0.05, 0) is 58.8 Å². The van der Waals surface area contributed by atoms with Gasteiger partial charge in [0.1, 0.15) is 5.82 Å². The van der Waals surface area contributed by atoms with E-state index in [1.54, 1.807) is 6.07 Å². The lowest BCUT2D eigenvalue weighted by Gasteiger charge is -2.43. The summed E-state index contributed by atoms with van der Waals surface area (Å²) < 4.78 is 14.2. The van der Waals surface area contributed by atoms with Gasteiger partial charge in [0.15, 0.2) is 0 Å². The van der Waals surface area contributed by atoms with Crippen LogP contribution >= 0.6 is 15.9 Å². The van der Waals surface area contributed by atoms with Crippen LogP contribution in [0.4, 0.5) is 4.39 Å². The molecule has 1 aromatic rings. The zero-order valence-electron chi connectivity index (χ0n) is 11.3. The summed E-state index contributed by atoms with van der Waals surface area (Å²) in [6, 6.07) is 5.31. The van der Waals surface area contributed by atoms with Crippen LogP contribution in [0.1, 0.15) is 39.2 Å². The number of nitrogens with one attached hydrogen (secondary N) is 1. The topological polar surface area (TPSA) is 12.0 Å². The fourth-order valence-corrected chi connectivity index (χ4v) is 3.28. The molecule has 0 radical (unpaired) electrons. The molecule has 2 rings (SSSR count). The predicted octanol–water partition coefficient (Wildman–Crippen LogP) is 4.30. The lowest BCUT2D eigenvalue weighted by atomic mass is 9.69. The Morgan fingerprint density at radius 3 is 2.67 bits per heavy atom. The Balaban J connectivity index is 2.33. The zero-order chi connectivity index (χ0) is 13.4. The van der Waals surface area contributed by atoms with E-state index < -0.39 is 0 Å². The molecule has 0 bridgehead atoms. The zero-order valence-corrected chi connectivity index (χ0v) is 12.9. The summed E-state index contributed by atoms with van der Waals surface area (Å²) >= 11 is 3.38. The third kappa shape index (κ3) is 2.48. The van der Waals surface area contributed by atoms with Gasteiger partial charge in [0.05, 0.1) is 4.47 Å². The molecular weight excluding hydrogens is 293 g/mol. The summed E-state index contributed by atoms with van der Waals surface area (Å²) in [7, 11) is 0. The van der Waals surface area contributed by atoms with Crippen LogP contribution in [-0.4, -0.2) is 12.1 Å². The van der Waals surface area contributed by atoms with Gasteiger partial charge in [-0.2, -0.15) is 0 Å². The van der Waals surface area contributed by atoms with Crippen LogP contribution in [0.2, 0.25) is 0 Å². The monoisotopic (exact) mass is 313 g/mol. The van der Waals surface area contributed by atoms with E-state index in [0.717, 1.165) is 24.9 Å². The van der Waals surface area contributed by atoms with Crippen molar-refractivity contribution in [3.05, 3.63) is 34.1 Å². The van der Waals surface area contributed by atoms with Crippen molar-refractivity contribution >= 4 is 15.9 Å². The van der Waals surface area contributed by atoms with Crippen molar-refractivity contribution in [2.45, 2.75) is 45.6 Å². The van der Waals surface area contributed by atoms with E-state index in [0.29, 0.717) is 4.47 Å². The van der Waals surface area contributed by atoms with E-state index in [1.807, 2.05) is 6.07 Å². The highest BCUT2D eigenvalue weighted by Gasteiger charge is 2.44. The van der Waals surface area contributed by atoms with E-state index in [2.05, 4.69) is 42.0 Å². The summed E-state index contributed by atoms with van der Waals surface area (Å²) in [5.74, 6) is -0.172. The van der Waals surface area contributed by atoms with Crippen molar-refractivity contribution in [2.75, 3.05) is 6.54 Å². The van der Waals surface area contributed by atoms with Crippen LogP contribution in [-0.2, 0) is 6.42 Å². The van der Waals surface area contributed by atoms with Gasteiger partial charge in [-0.3, -0.25) is 0 Å². The highest BCUT2D eigenvalue weighted by Crippen LogP contribution is 2.41. The van der Waals surface area contributed by atoms with E-state index in [9.17, 15) is 4.39 Å². The summed E-state index contributed by atoms with van der Waals surface area (Å²) in [6.07, 6.45) is 3.22. The van der Waals surface area contributed by atoms with Gasteiger partial charge in [0.25, 0.3) is 0 Å². The highest BCUT2D eigenvalue weighted by molar-refractivity contribution is 9.10. The second-order valence-corrected chi connectivity index (χ2v) is 7.05. The van der Waals surface area contributed by atoms with E-state index in [4.69, 9.17) is 0 Å². The van der Waals surface area contributed by atoms with Gasteiger partial charge in [0.2, 0.25) is 0 Å². The van der Waals surface area contributed by atoms with Gasteiger partial charge in [-0.1, -0.05) is 32.9 Å². The van der Waals surface area contributed by atoms with Gasteiger partial charge >= 0.3 is 0 Å². The molecule has 1 saturated heterocycles. The molecule has 1 aromatic carbocycles. The second kappa shape index (κ2) is 4.93. The number of halogens is 2. The molecule has 0 aromatic heterocycles. The molecule has 1 atom stereocenters. The number of hydrogen-bond acceptors (Lipinski definition) is 1. The minimum absolute atomic E-state index is 0.0727. The minimum Gasteiger partial charge on any atom is -0.310 e. The largest absolute Gasteiger partial charge is 0.310 e. The molecule has 1 aliphatic rings. The second-order valence-electron chi connectivity index (χ2n) is 6.25. The number of benzene rings is 1. The fraction of sp³-hybridized carbons (Fsp3) is 0.600. The maximum Gasteiger partial charge on any atom is 0.137 e. The van der Waals surface area contributed by atoms with Crippen LogP contribution in [0.5, 0.6) is 0 Å². The Labute approximate surface area is 117 Å². The fourth-order valence-electron chi connectivity index (χ4n) is 2.87. The van der Waals surface area contributed by atoms with Gasteiger partial charge < -0.3 is 5.32 Å². The predicted molar refractivity (Wildman–Crippen MR) is 77.2 cm³/mol. The molecule has 0 saturated carbocycles. The van der Waals surface area contributed by atoms with E-state index >= 15 is 0 Å². The Kier molecular flexibility index (Phi) is 3.84. The Morgan fingerprint density at radius 1 is 1.39 bits per heavy atom. The standard InChI is InChI=1S/C15H21BrFN/c1-14(2,3)15(8-5-9-18-15)10-11-6-4-7-12(17)13(11)16/h4,6-7,18H,5,8-10H2,1-3H3. The van der Waals surface area contributed by atoms with E-state index in [1.165, 1.54) is 12.5 Å². The third-order valence-corrected chi connectivity index (χ3v) is 5.09. The molecule has 1 nitrogen and oxygen atoms in total. The SMILES string of the molecule is CC(C)(C)C1(Cc2cccc(F)c2Br)CCCN1. The number of hydrogen-bond donors (Lipinski definition) is 1. The normalized spacial score (nSPS) is 24.5. The first-order valence-electron chi connectivity index (χ1n) is 6.54. The van der Waals surface area contributed by atoms with Crippen LogP contribution in [0.15, 0.2) is 22.7 Å². The Morgan fingerprint density at radius 2 is 2.11 bits per heavy atom. The van der Waals surface area contributed by atoms with Gasteiger partial charge in [-0.15, -0.1) is 0 Å². The molecule has 1 heterocycles. The lowest BCUT2D eigenvalue weighted by molar-refractivity contribution is 0.159. The van der Waals surface area contributed by atoms with Crippen LogP contribution in [0, 0.1) is 11.2 Å². The molecule has 1 fully saturated rings. The quantitative estimate of drug-likeness (QED) is 0.858. The summed E-state index contributed by atoms with van der Waals surface area (Å²) in [5, 5.41) is 3.66. The molecule has 0 amide bonds. The summed E-state index contributed by atoms with van der Waals surface area (Å²) in [4.78, 5) is 0. The van der Waals surface area contributed by atoms with Crippen LogP contribution in [0.3, 0.4) is 0 Å². The first-order chi connectivity index (χ1) is 8.36. The van der Waals surface area contributed by atoms with Crippen LogP contribution < -0.4 is 5.32 Å². The van der Waals surface area contributed by atoms with Crippen molar-refractivity contribution in [3.63, 3.8) is 0 Å². The summed E-state index contributed by atoms with van der Waals surface area (Å²) in [5.41, 5.74) is 1.29. The molecule has 1 aliphatic heterocycles. The maximum absolute atomic E-state index is 13.6. The lowest BCUT2D eigenvalue weighted by Crippen LogP contribution is -2.52.